The van der Waals surface area contributed by atoms with Gasteiger partial charge in [0.15, 0.2) is 5.13 Å². The molecule has 2 aliphatic rings. The van der Waals surface area contributed by atoms with Gasteiger partial charge in [0.2, 0.25) is 5.91 Å². The van der Waals surface area contributed by atoms with Crippen molar-refractivity contribution in [2.24, 2.45) is 11.3 Å². The zero-order chi connectivity index (χ0) is 14.4. The Bertz CT molecular complexity index is 703. The second kappa shape index (κ2) is 4.78. The number of thiazole rings is 1. The third-order valence-electron chi connectivity index (χ3n) is 4.88. The largest absolute Gasteiger partial charge is 0.317 e. The molecule has 2 N–H and O–H groups in total. The molecule has 0 bridgehead atoms. The van der Waals surface area contributed by atoms with Crippen LogP contribution in [0.25, 0.3) is 10.2 Å². The van der Waals surface area contributed by atoms with E-state index in [1.54, 1.807) is 11.3 Å². The van der Waals surface area contributed by atoms with Crippen molar-refractivity contribution in [1.82, 2.24) is 10.3 Å². The highest BCUT2D eigenvalue weighted by Gasteiger charge is 2.57. The molecular weight excluding hydrogens is 282 g/mol. The summed E-state index contributed by atoms with van der Waals surface area (Å²) in [5.41, 5.74) is 2.47. The number of carbonyl (C=O) groups excluding carboxylic acids is 1. The van der Waals surface area contributed by atoms with E-state index in [-0.39, 0.29) is 17.2 Å². The molecule has 2 fully saturated rings. The van der Waals surface area contributed by atoms with Gasteiger partial charge in [0.1, 0.15) is 0 Å². The maximum atomic E-state index is 12.4. The minimum absolute atomic E-state index is 0.160. The molecule has 5 heteroatoms. The monoisotopic (exact) mass is 301 g/mol. The van der Waals surface area contributed by atoms with Crippen LogP contribution in [0, 0.1) is 18.3 Å². The first-order valence-corrected chi connectivity index (χ1v) is 8.37. The standard InChI is InChI=1S/C16H19N3OS/c1-10-2-3-12-13(8-10)21-15(18-12)19-14(20)11-9-16(11)4-6-17-7-5-16/h2-3,8,11,17H,4-7,9H2,1H3,(H,18,19,20). The van der Waals surface area contributed by atoms with Gasteiger partial charge in [-0.25, -0.2) is 4.98 Å². The number of anilines is 1. The summed E-state index contributed by atoms with van der Waals surface area (Å²) in [5.74, 6) is 0.348. The maximum absolute atomic E-state index is 12.4. The van der Waals surface area contributed by atoms with Crippen molar-refractivity contribution >= 4 is 32.6 Å². The molecule has 1 amide bonds. The van der Waals surface area contributed by atoms with E-state index in [4.69, 9.17) is 0 Å². The van der Waals surface area contributed by atoms with Crippen molar-refractivity contribution in [3.8, 4) is 0 Å². The molecule has 4 rings (SSSR count). The van der Waals surface area contributed by atoms with E-state index in [0.717, 1.165) is 47.7 Å². The summed E-state index contributed by atoms with van der Waals surface area (Å²) in [6, 6.07) is 6.19. The van der Waals surface area contributed by atoms with Crippen molar-refractivity contribution in [2.75, 3.05) is 18.4 Å². The summed E-state index contributed by atoms with van der Waals surface area (Å²) in [5, 5.41) is 7.14. The first-order chi connectivity index (χ1) is 10.2. The molecule has 1 saturated heterocycles. The number of carbonyl (C=O) groups is 1. The van der Waals surface area contributed by atoms with Crippen molar-refractivity contribution in [3.05, 3.63) is 23.8 Å². The number of nitrogens with one attached hydrogen (secondary N) is 2. The average Bonchev–Trinajstić information content (AvgIpc) is 3.01. The first-order valence-electron chi connectivity index (χ1n) is 7.55. The summed E-state index contributed by atoms with van der Waals surface area (Å²) in [4.78, 5) is 16.9. The number of piperidine rings is 1. The smallest absolute Gasteiger partial charge is 0.229 e. The van der Waals surface area contributed by atoms with Crippen LogP contribution in [0.4, 0.5) is 5.13 Å². The minimum atomic E-state index is 0.160. The number of hydrogen-bond donors (Lipinski definition) is 2. The molecule has 1 aromatic carbocycles. The van der Waals surface area contributed by atoms with Crippen LogP contribution in [0.1, 0.15) is 24.8 Å². The number of benzene rings is 1. The van der Waals surface area contributed by atoms with E-state index >= 15 is 0 Å². The van der Waals surface area contributed by atoms with E-state index in [1.807, 2.05) is 6.07 Å². The molecule has 2 aromatic rings. The topological polar surface area (TPSA) is 54.0 Å². The number of amides is 1. The van der Waals surface area contributed by atoms with E-state index in [0.29, 0.717) is 0 Å². The van der Waals surface area contributed by atoms with Crippen LogP contribution in [0.3, 0.4) is 0 Å². The molecule has 1 aliphatic carbocycles. The Morgan fingerprint density at radius 1 is 1.43 bits per heavy atom. The fraction of sp³-hybridized carbons (Fsp3) is 0.500. The van der Waals surface area contributed by atoms with Gasteiger partial charge in [0.25, 0.3) is 0 Å². The average molecular weight is 301 g/mol. The van der Waals surface area contributed by atoms with E-state index in [9.17, 15) is 4.79 Å². The van der Waals surface area contributed by atoms with Crippen LogP contribution in [0.2, 0.25) is 0 Å². The molecule has 1 atom stereocenters. The summed E-state index contributed by atoms with van der Waals surface area (Å²) < 4.78 is 1.14. The van der Waals surface area contributed by atoms with Gasteiger partial charge in [-0.1, -0.05) is 17.4 Å². The van der Waals surface area contributed by atoms with Gasteiger partial charge in [0.05, 0.1) is 10.2 Å². The van der Waals surface area contributed by atoms with Gasteiger partial charge in [-0.15, -0.1) is 0 Å². The second-order valence-electron chi connectivity index (χ2n) is 6.35. The third kappa shape index (κ3) is 2.34. The summed E-state index contributed by atoms with van der Waals surface area (Å²) in [7, 11) is 0. The van der Waals surface area contributed by atoms with E-state index in [1.165, 1.54) is 5.56 Å². The van der Waals surface area contributed by atoms with Crippen LogP contribution in [0.5, 0.6) is 0 Å². The molecule has 1 spiro atoms. The van der Waals surface area contributed by atoms with Gasteiger partial charge in [-0.05, 0) is 62.4 Å². The molecule has 1 unspecified atom stereocenters. The highest BCUT2D eigenvalue weighted by molar-refractivity contribution is 7.22. The summed E-state index contributed by atoms with van der Waals surface area (Å²) in [6.07, 6.45) is 3.30. The molecule has 4 nitrogen and oxygen atoms in total. The predicted molar refractivity (Wildman–Crippen MR) is 85.6 cm³/mol. The zero-order valence-electron chi connectivity index (χ0n) is 12.1. The number of aromatic nitrogens is 1. The summed E-state index contributed by atoms with van der Waals surface area (Å²) >= 11 is 1.56. The molecule has 1 aromatic heterocycles. The van der Waals surface area contributed by atoms with Crippen molar-refractivity contribution in [1.29, 1.82) is 0 Å². The fourth-order valence-corrected chi connectivity index (χ4v) is 4.44. The molecule has 1 aliphatic heterocycles. The lowest BCUT2D eigenvalue weighted by atomic mass is 9.92. The molecular formula is C16H19N3OS. The van der Waals surface area contributed by atoms with E-state index in [2.05, 4.69) is 34.7 Å². The van der Waals surface area contributed by atoms with Crippen molar-refractivity contribution in [3.63, 3.8) is 0 Å². The Labute approximate surface area is 128 Å². The van der Waals surface area contributed by atoms with Crippen molar-refractivity contribution < 1.29 is 4.79 Å². The lowest BCUT2D eigenvalue weighted by Crippen LogP contribution is -2.31. The Hall–Kier alpha value is -1.46. The van der Waals surface area contributed by atoms with Gasteiger partial charge in [-0.2, -0.15) is 0 Å². The number of nitrogens with zero attached hydrogens (tertiary/aromatic N) is 1. The van der Waals surface area contributed by atoms with E-state index < -0.39 is 0 Å². The van der Waals surface area contributed by atoms with Crippen molar-refractivity contribution in [2.45, 2.75) is 26.2 Å². The van der Waals surface area contributed by atoms with Gasteiger partial charge < -0.3 is 10.6 Å². The lowest BCUT2D eigenvalue weighted by molar-refractivity contribution is -0.118. The van der Waals surface area contributed by atoms with Crippen LogP contribution in [-0.2, 0) is 4.79 Å². The SMILES string of the molecule is Cc1ccc2nc(NC(=O)C3CC34CCNCC4)sc2c1. The lowest BCUT2D eigenvalue weighted by Gasteiger charge is -2.22. The second-order valence-corrected chi connectivity index (χ2v) is 7.38. The predicted octanol–water partition coefficient (Wildman–Crippen LogP) is 2.93. The Morgan fingerprint density at radius 3 is 3.05 bits per heavy atom. The number of hydrogen-bond acceptors (Lipinski definition) is 4. The molecule has 0 radical (unpaired) electrons. The zero-order valence-corrected chi connectivity index (χ0v) is 12.9. The van der Waals surface area contributed by atoms with Crippen LogP contribution < -0.4 is 10.6 Å². The molecule has 2 heterocycles. The van der Waals surface area contributed by atoms with Gasteiger partial charge in [-0.3, -0.25) is 4.79 Å². The Kier molecular flexibility index (Phi) is 3.01. The molecule has 1 saturated carbocycles. The Morgan fingerprint density at radius 2 is 2.24 bits per heavy atom. The first kappa shape index (κ1) is 13.2. The van der Waals surface area contributed by atoms with Gasteiger partial charge in [0, 0.05) is 5.92 Å². The Balaban J connectivity index is 1.49. The van der Waals surface area contributed by atoms with Crippen LogP contribution >= 0.6 is 11.3 Å². The molecule has 21 heavy (non-hydrogen) atoms. The summed E-state index contributed by atoms with van der Waals surface area (Å²) in [6.45, 7) is 4.16. The van der Waals surface area contributed by atoms with Gasteiger partial charge >= 0.3 is 0 Å². The number of fused-ring (bicyclic) bond motifs is 1. The molecule has 110 valence electrons. The number of rotatable bonds is 2. The fourth-order valence-electron chi connectivity index (χ4n) is 3.47. The normalized spacial score (nSPS) is 23.4. The quantitative estimate of drug-likeness (QED) is 0.896. The highest BCUT2D eigenvalue weighted by atomic mass is 32.1. The highest BCUT2D eigenvalue weighted by Crippen LogP contribution is 2.58. The minimum Gasteiger partial charge on any atom is -0.317 e. The maximum Gasteiger partial charge on any atom is 0.229 e. The van der Waals surface area contributed by atoms with Crippen LogP contribution in [-0.4, -0.2) is 24.0 Å². The third-order valence-corrected chi connectivity index (χ3v) is 5.81. The van der Waals surface area contributed by atoms with Crippen LogP contribution in [0.15, 0.2) is 18.2 Å². The number of aryl methyl sites for hydroxylation is 1.